The first-order valence-corrected chi connectivity index (χ1v) is 5.24. The van der Waals surface area contributed by atoms with Crippen LogP contribution in [0.15, 0.2) is 0 Å². The minimum Gasteiger partial charge on any atom is -0.480 e. The van der Waals surface area contributed by atoms with Gasteiger partial charge in [0.05, 0.1) is 0 Å². The van der Waals surface area contributed by atoms with E-state index >= 15 is 0 Å². The maximum Gasteiger partial charge on any atom is 0.325 e. The predicted octanol–water partition coefficient (Wildman–Crippen LogP) is 1.09. The lowest BCUT2D eigenvalue weighted by atomic mass is 10.0. The molecule has 0 aromatic carbocycles. The molecule has 1 aliphatic rings. The molecule has 1 saturated carbocycles. The molecule has 1 rings (SSSR count). The van der Waals surface area contributed by atoms with Crippen LogP contribution in [0.3, 0.4) is 0 Å². The fourth-order valence-corrected chi connectivity index (χ4v) is 1.85. The number of rotatable bonds is 3. The van der Waals surface area contributed by atoms with E-state index in [4.69, 9.17) is 5.11 Å². The zero-order valence-corrected chi connectivity index (χ0v) is 9.17. The van der Waals surface area contributed by atoms with E-state index in [1.54, 1.807) is 0 Å². The molecule has 0 aromatic heterocycles. The lowest BCUT2D eigenvalue weighted by molar-refractivity contribution is -0.138. The molecule has 1 aliphatic carbocycles. The van der Waals surface area contributed by atoms with Gasteiger partial charge in [-0.1, -0.05) is 12.8 Å². The number of hydrogen-bond donors (Lipinski definition) is 3. The third kappa shape index (κ3) is 3.42. The van der Waals surface area contributed by atoms with E-state index in [-0.39, 0.29) is 5.54 Å². The first-order valence-electron chi connectivity index (χ1n) is 5.24. The van der Waals surface area contributed by atoms with Crippen molar-refractivity contribution in [2.45, 2.75) is 51.1 Å². The number of aliphatic carboxylic acids is 1. The highest BCUT2D eigenvalue weighted by Gasteiger charge is 2.30. The molecule has 1 unspecified atom stereocenters. The van der Waals surface area contributed by atoms with Gasteiger partial charge in [-0.15, -0.1) is 0 Å². The molecule has 0 aliphatic heterocycles. The summed E-state index contributed by atoms with van der Waals surface area (Å²) in [6.07, 6.45) is 4.15. The molecular weight excluding hydrogens is 196 g/mol. The predicted molar refractivity (Wildman–Crippen MR) is 55.6 cm³/mol. The fourth-order valence-electron chi connectivity index (χ4n) is 1.85. The minimum atomic E-state index is -1.03. The summed E-state index contributed by atoms with van der Waals surface area (Å²) < 4.78 is 0. The number of carboxylic acids is 1. The van der Waals surface area contributed by atoms with Crippen molar-refractivity contribution in [3.8, 4) is 0 Å². The molecule has 0 bridgehead atoms. The second kappa shape index (κ2) is 4.51. The van der Waals surface area contributed by atoms with Crippen molar-refractivity contribution < 1.29 is 14.7 Å². The molecule has 1 atom stereocenters. The van der Waals surface area contributed by atoms with Crippen molar-refractivity contribution in [2.75, 3.05) is 0 Å². The SMILES string of the molecule is CC(NC(=O)NC1(C)CCCC1)C(=O)O. The van der Waals surface area contributed by atoms with E-state index in [1.807, 2.05) is 6.92 Å². The lowest BCUT2D eigenvalue weighted by Gasteiger charge is -2.25. The molecule has 0 heterocycles. The van der Waals surface area contributed by atoms with Gasteiger partial charge in [-0.25, -0.2) is 4.79 Å². The molecule has 5 nitrogen and oxygen atoms in total. The summed E-state index contributed by atoms with van der Waals surface area (Å²) in [6.45, 7) is 3.43. The summed E-state index contributed by atoms with van der Waals surface area (Å²) in [5.74, 6) is -1.03. The van der Waals surface area contributed by atoms with Gasteiger partial charge < -0.3 is 15.7 Å². The number of carbonyl (C=O) groups is 2. The third-order valence-electron chi connectivity index (χ3n) is 2.84. The molecule has 2 amide bonds. The van der Waals surface area contributed by atoms with Gasteiger partial charge in [0.15, 0.2) is 0 Å². The number of urea groups is 1. The van der Waals surface area contributed by atoms with Crippen LogP contribution in [0.4, 0.5) is 4.79 Å². The topological polar surface area (TPSA) is 78.4 Å². The summed E-state index contributed by atoms with van der Waals surface area (Å²) >= 11 is 0. The highest BCUT2D eigenvalue weighted by molar-refractivity contribution is 5.82. The standard InChI is InChI=1S/C10H18N2O3/c1-7(8(13)14)11-9(15)12-10(2)5-3-4-6-10/h7H,3-6H2,1-2H3,(H,13,14)(H2,11,12,15). The van der Waals surface area contributed by atoms with Gasteiger partial charge in [-0.2, -0.15) is 0 Å². The Morgan fingerprint density at radius 3 is 2.33 bits per heavy atom. The minimum absolute atomic E-state index is 0.164. The lowest BCUT2D eigenvalue weighted by Crippen LogP contribution is -2.52. The van der Waals surface area contributed by atoms with Crippen molar-refractivity contribution in [3.05, 3.63) is 0 Å². The van der Waals surface area contributed by atoms with Crippen LogP contribution in [0.25, 0.3) is 0 Å². The number of carbonyl (C=O) groups excluding carboxylic acids is 1. The van der Waals surface area contributed by atoms with Crippen molar-refractivity contribution in [1.82, 2.24) is 10.6 Å². The quantitative estimate of drug-likeness (QED) is 0.658. The molecule has 5 heteroatoms. The molecule has 0 saturated heterocycles. The highest BCUT2D eigenvalue weighted by Crippen LogP contribution is 2.28. The third-order valence-corrected chi connectivity index (χ3v) is 2.84. The van der Waals surface area contributed by atoms with E-state index in [0.29, 0.717) is 0 Å². The summed E-state index contributed by atoms with van der Waals surface area (Å²) in [4.78, 5) is 21.9. The Bertz CT molecular complexity index is 259. The van der Waals surface area contributed by atoms with Crippen LogP contribution in [-0.4, -0.2) is 28.7 Å². The van der Waals surface area contributed by atoms with E-state index < -0.39 is 18.0 Å². The van der Waals surface area contributed by atoms with Gasteiger partial charge in [0.25, 0.3) is 0 Å². The van der Waals surface area contributed by atoms with Crippen molar-refractivity contribution in [3.63, 3.8) is 0 Å². The zero-order valence-electron chi connectivity index (χ0n) is 9.17. The zero-order chi connectivity index (χ0) is 11.5. The van der Waals surface area contributed by atoms with Gasteiger partial charge in [0.1, 0.15) is 6.04 Å². The van der Waals surface area contributed by atoms with E-state index in [0.717, 1.165) is 25.7 Å². The molecular formula is C10H18N2O3. The number of nitrogens with one attached hydrogen (secondary N) is 2. The van der Waals surface area contributed by atoms with Crippen molar-refractivity contribution >= 4 is 12.0 Å². The second-order valence-electron chi connectivity index (χ2n) is 4.43. The first-order chi connectivity index (χ1) is 6.93. The van der Waals surface area contributed by atoms with Gasteiger partial charge in [0.2, 0.25) is 0 Å². The van der Waals surface area contributed by atoms with Crippen LogP contribution in [0.5, 0.6) is 0 Å². The number of hydrogen-bond acceptors (Lipinski definition) is 2. The molecule has 86 valence electrons. The second-order valence-corrected chi connectivity index (χ2v) is 4.43. The van der Waals surface area contributed by atoms with Crippen LogP contribution in [-0.2, 0) is 4.79 Å². The maximum atomic E-state index is 11.4. The molecule has 0 spiro atoms. The molecule has 15 heavy (non-hydrogen) atoms. The monoisotopic (exact) mass is 214 g/mol. The Hall–Kier alpha value is -1.26. The molecule has 1 fully saturated rings. The van der Waals surface area contributed by atoms with Crippen LogP contribution in [0.1, 0.15) is 39.5 Å². The fraction of sp³-hybridized carbons (Fsp3) is 0.800. The van der Waals surface area contributed by atoms with Crippen molar-refractivity contribution in [2.24, 2.45) is 0 Å². The maximum absolute atomic E-state index is 11.4. The van der Waals surface area contributed by atoms with E-state index in [9.17, 15) is 9.59 Å². The van der Waals surface area contributed by atoms with Gasteiger partial charge >= 0.3 is 12.0 Å². The Morgan fingerprint density at radius 2 is 1.87 bits per heavy atom. The molecule has 0 aromatic rings. The summed E-state index contributed by atoms with van der Waals surface area (Å²) in [7, 11) is 0. The Kier molecular flexibility index (Phi) is 3.55. The Labute approximate surface area is 89.2 Å². The number of amides is 2. The molecule has 0 radical (unpaired) electrons. The molecule has 3 N–H and O–H groups in total. The average molecular weight is 214 g/mol. The Balaban J connectivity index is 2.38. The van der Waals surface area contributed by atoms with Gasteiger partial charge in [-0.3, -0.25) is 4.79 Å². The first kappa shape index (κ1) is 11.8. The van der Waals surface area contributed by atoms with Gasteiger partial charge in [0, 0.05) is 5.54 Å². The number of carboxylic acid groups (broad SMARTS) is 1. The van der Waals surface area contributed by atoms with Crippen molar-refractivity contribution in [1.29, 1.82) is 0 Å². The summed E-state index contributed by atoms with van der Waals surface area (Å²) in [6, 6.07) is -1.25. The van der Waals surface area contributed by atoms with Crippen LogP contribution < -0.4 is 10.6 Å². The summed E-state index contributed by atoms with van der Waals surface area (Å²) in [5.41, 5.74) is -0.164. The summed E-state index contributed by atoms with van der Waals surface area (Å²) in [5, 5.41) is 13.8. The van der Waals surface area contributed by atoms with Gasteiger partial charge in [-0.05, 0) is 26.7 Å². The highest BCUT2D eigenvalue weighted by atomic mass is 16.4. The Morgan fingerprint density at radius 1 is 1.33 bits per heavy atom. The smallest absolute Gasteiger partial charge is 0.325 e. The van der Waals surface area contributed by atoms with Crippen LogP contribution >= 0.6 is 0 Å². The van der Waals surface area contributed by atoms with Crippen LogP contribution in [0.2, 0.25) is 0 Å². The normalized spacial score (nSPS) is 20.7. The average Bonchev–Trinajstić information content (AvgIpc) is 2.50. The van der Waals surface area contributed by atoms with Crippen LogP contribution in [0, 0.1) is 0 Å². The van der Waals surface area contributed by atoms with E-state index in [1.165, 1.54) is 6.92 Å². The van der Waals surface area contributed by atoms with E-state index in [2.05, 4.69) is 10.6 Å². The largest absolute Gasteiger partial charge is 0.480 e.